The number of hydrogen-bond acceptors (Lipinski definition) is 4. The molecule has 1 atom stereocenters. The van der Waals surface area contributed by atoms with Crippen LogP contribution in [-0.4, -0.2) is 51.8 Å². The van der Waals surface area contributed by atoms with Crippen molar-refractivity contribution in [3.8, 4) is 11.4 Å². The highest BCUT2D eigenvalue weighted by Gasteiger charge is 2.27. The van der Waals surface area contributed by atoms with Gasteiger partial charge in [-0.2, -0.15) is 0 Å². The van der Waals surface area contributed by atoms with Crippen molar-refractivity contribution in [2.45, 2.75) is 39.0 Å². The second kappa shape index (κ2) is 7.27. The summed E-state index contributed by atoms with van der Waals surface area (Å²) >= 11 is 0. The summed E-state index contributed by atoms with van der Waals surface area (Å²) in [5.74, 6) is 0.941. The van der Waals surface area contributed by atoms with Crippen LogP contribution in [0.1, 0.15) is 20.8 Å². The van der Waals surface area contributed by atoms with E-state index in [1.54, 1.807) is 4.90 Å². The molecule has 1 amide bonds. The van der Waals surface area contributed by atoms with Crippen LogP contribution >= 0.6 is 0 Å². The number of carbonyl (C=O) groups excluding carboxylic acids is 1. The molecule has 1 aliphatic heterocycles. The SMILES string of the molecule is CC(C)(C)OC(=O)N1CCN[C@@H](Cn2ccnc2-c2ccccc2)C1. The molecular formula is C19H26N4O2. The topological polar surface area (TPSA) is 59.4 Å². The minimum absolute atomic E-state index is 0.165. The normalized spacial score (nSPS) is 18.2. The zero-order chi connectivity index (χ0) is 17.9. The quantitative estimate of drug-likeness (QED) is 0.932. The molecule has 1 aromatic carbocycles. The van der Waals surface area contributed by atoms with Crippen LogP contribution in [0, 0.1) is 0 Å². The number of ether oxygens (including phenoxy) is 1. The van der Waals surface area contributed by atoms with Crippen LogP contribution in [0.15, 0.2) is 42.7 Å². The van der Waals surface area contributed by atoms with Gasteiger partial charge in [-0.1, -0.05) is 30.3 Å². The number of amides is 1. The van der Waals surface area contributed by atoms with Crippen LogP contribution in [0.3, 0.4) is 0 Å². The Hall–Kier alpha value is -2.34. The highest BCUT2D eigenvalue weighted by atomic mass is 16.6. The zero-order valence-corrected chi connectivity index (χ0v) is 15.1. The Labute approximate surface area is 148 Å². The number of carbonyl (C=O) groups is 1. The van der Waals surface area contributed by atoms with Gasteiger partial charge in [0, 0.05) is 50.2 Å². The fourth-order valence-corrected chi connectivity index (χ4v) is 2.98. The minimum Gasteiger partial charge on any atom is -0.444 e. The molecule has 1 fully saturated rings. The molecule has 1 aliphatic rings. The van der Waals surface area contributed by atoms with Crippen molar-refractivity contribution < 1.29 is 9.53 Å². The summed E-state index contributed by atoms with van der Waals surface area (Å²) in [7, 11) is 0. The van der Waals surface area contributed by atoms with Crippen molar-refractivity contribution in [2.24, 2.45) is 0 Å². The predicted molar refractivity (Wildman–Crippen MR) is 97.3 cm³/mol. The summed E-state index contributed by atoms with van der Waals surface area (Å²) in [6.07, 6.45) is 3.56. The fourth-order valence-electron chi connectivity index (χ4n) is 2.98. The lowest BCUT2D eigenvalue weighted by Crippen LogP contribution is -2.54. The summed E-state index contributed by atoms with van der Waals surface area (Å²) in [6.45, 7) is 8.48. The van der Waals surface area contributed by atoms with Crippen molar-refractivity contribution in [3.63, 3.8) is 0 Å². The number of hydrogen-bond donors (Lipinski definition) is 1. The second-order valence-electron chi connectivity index (χ2n) is 7.35. The van der Waals surface area contributed by atoms with E-state index in [-0.39, 0.29) is 12.1 Å². The monoisotopic (exact) mass is 342 g/mol. The third kappa shape index (κ3) is 4.60. The summed E-state index contributed by atoms with van der Waals surface area (Å²) in [6, 6.07) is 10.3. The highest BCUT2D eigenvalue weighted by molar-refractivity contribution is 5.68. The van der Waals surface area contributed by atoms with Crippen molar-refractivity contribution >= 4 is 6.09 Å². The summed E-state index contributed by atoms with van der Waals surface area (Å²) in [4.78, 5) is 18.6. The van der Waals surface area contributed by atoms with E-state index in [0.717, 1.165) is 24.5 Å². The van der Waals surface area contributed by atoms with E-state index in [4.69, 9.17) is 4.74 Å². The molecular weight excluding hydrogens is 316 g/mol. The summed E-state index contributed by atoms with van der Waals surface area (Å²) in [5, 5.41) is 3.49. The van der Waals surface area contributed by atoms with Gasteiger partial charge in [0.2, 0.25) is 0 Å². The van der Waals surface area contributed by atoms with Crippen molar-refractivity contribution in [3.05, 3.63) is 42.7 Å². The molecule has 0 bridgehead atoms. The third-order valence-electron chi connectivity index (χ3n) is 4.07. The molecule has 6 heteroatoms. The van der Waals surface area contributed by atoms with E-state index >= 15 is 0 Å². The number of nitrogens with one attached hydrogen (secondary N) is 1. The van der Waals surface area contributed by atoms with Gasteiger partial charge in [-0.15, -0.1) is 0 Å². The lowest BCUT2D eigenvalue weighted by atomic mass is 10.2. The Morgan fingerprint density at radius 2 is 2.08 bits per heavy atom. The summed E-state index contributed by atoms with van der Waals surface area (Å²) < 4.78 is 7.62. The third-order valence-corrected chi connectivity index (χ3v) is 4.07. The van der Waals surface area contributed by atoms with E-state index in [0.29, 0.717) is 13.1 Å². The van der Waals surface area contributed by atoms with Gasteiger partial charge in [-0.25, -0.2) is 9.78 Å². The molecule has 0 saturated carbocycles. The Morgan fingerprint density at radius 3 is 2.80 bits per heavy atom. The smallest absolute Gasteiger partial charge is 0.410 e. The standard InChI is InChI=1S/C19H26N4O2/c1-19(2,3)25-18(24)23-12-9-20-16(14-23)13-22-11-10-21-17(22)15-7-5-4-6-8-15/h4-8,10-11,16,20H,9,12-14H2,1-3H3/t16-/m0/s1. The number of imidazole rings is 1. The van der Waals surface area contributed by atoms with E-state index < -0.39 is 5.60 Å². The van der Waals surface area contributed by atoms with Crippen LogP contribution in [0.5, 0.6) is 0 Å². The minimum atomic E-state index is -0.470. The number of piperazine rings is 1. The molecule has 2 heterocycles. The van der Waals surface area contributed by atoms with Crippen LogP contribution in [0.4, 0.5) is 4.79 Å². The van der Waals surface area contributed by atoms with E-state index in [1.165, 1.54) is 0 Å². The van der Waals surface area contributed by atoms with Gasteiger partial charge in [-0.05, 0) is 20.8 Å². The maximum absolute atomic E-state index is 12.3. The molecule has 0 aliphatic carbocycles. The zero-order valence-electron chi connectivity index (χ0n) is 15.1. The molecule has 0 spiro atoms. The maximum atomic E-state index is 12.3. The van der Waals surface area contributed by atoms with Gasteiger partial charge in [0.15, 0.2) is 0 Å². The van der Waals surface area contributed by atoms with Crippen LogP contribution in [-0.2, 0) is 11.3 Å². The molecule has 25 heavy (non-hydrogen) atoms. The molecule has 0 radical (unpaired) electrons. The first-order valence-electron chi connectivity index (χ1n) is 8.70. The predicted octanol–water partition coefficient (Wildman–Crippen LogP) is 2.76. The van der Waals surface area contributed by atoms with Crippen molar-refractivity contribution in [1.82, 2.24) is 19.8 Å². The largest absolute Gasteiger partial charge is 0.444 e. The lowest BCUT2D eigenvalue weighted by Gasteiger charge is -2.35. The second-order valence-corrected chi connectivity index (χ2v) is 7.35. The molecule has 1 aromatic heterocycles. The molecule has 1 N–H and O–H groups in total. The fraction of sp³-hybridized carbons (Fsp3) is 0.474. The first-order chi connectivity index (χ1) is 11.9. The Balaban J connectivity index is 1.66. The lowest BCUT2D eigenvalue weighted by molar-refractivity contribution is 0.0190. The Morgan fingerprint density at radius 1 is 1.32 bits per heavy atom. The Kier molecular flexibility index (Phi) is 5.08. The van der Waals surface area contributed by atoms with Gasteiger partial charge < -0.3 is 19.5 Å². The first-order valence-corrected chi connectivity index (χ1v) is 8.70. The molecule has 1 saturated heterocycles. The van der Waals surface area contributed by atoms with Gasteiger partial charge in [-0.3, -0.25) is 0 Å². The number of rotatable bonds is 3. The Bertz CT molecular complexity index is 706. The summed E-state index contributed by atoms with van der Waals surface area (Å²) in [5.41, 5.74) is 0.620. The van der Waals surface area contributed by atoms with Gasteiger partial charge >= 0.3 is 6.09 Å². The number of aromatic nitrogens is 2. The molecule has 134 valence electrons. The number of nitrogens with zero attached hydrogens (tertiary/aromatic N) is 3. The van der Waals surface area contributed by atoms with Crippen LogP contribution in [0.25, 0.3) is 11.4 Å². The highest BCUT2D eigenvalue weighted by Crippen LogP contribution is 2.18. The maximum Gasteiger partial charge on any atom is 0.410 e. The van der Waals surface area contributed by atoms with E-state index in [2.05, 4.69) is 27.0 Å². The van der Waals surface area contributed by atoms with Crippen molar-refractivity contribution in [2.75, 3.05) is 19.6 Å². The average Bonchev–Trinajstić information content (AvgIpc) is 3.02. The van der Waals surface area contributed by atoms with Crippen LogP contribution in [0.2, 0.25) is 0 Å². The van der Waals surface area contributed by atoms with E-state index in [9.17, 15) is 4.79 Å². The van der Waals surface area contributed by atoms with Gasteiger partial charge in [0.25, 0.3) is 0 Å². The van der Waals surface area contributed by atoms with E-state index in [1.807, 2.05) is 51.4 Å². The van der Waals surface area contributed by atoms with Crippen LogP contribution < -0.4 is 5.32 Å². The molecule has 3 rings (SSSR count). The molecule has 6 nitrogen and oxygen atoms in total. The number of benzene rings is 1. The molecule has 2 aromatic rings. The van der Waals surface area contributed by atoms with Gasteiger partial charge in [0.05, 0.1) is 0 Å². The first kappa shape index (κ1) is 17.5. The molecule has 0 unspecified atom stereocenters. The van der Waals surface area contributed by atoms with Gasteiger partial charge in [0.1, 0.15) is 11.4 Å². The average molecular weight is 342 g/mol. The van der Waals surface area contributed by atoms with Crippen molar-refractivity contribution in [1.29, 1.82) is 0 Å².